The van der Waals surface area contributed by atoms with E-state index in [0.717, 1.165) is 10.8 Å². The molecular formula is C29H21ClN2O4. The summed E-state index contributed by atoms with van der Waals surface area (Å²) in [6, 6.07) is 27.4. The Morgan fingerprint density at radius 3 is 2.28 bits per heavy atom. The number of halogens is 1. The van der Waals surface area contributed by atoms with Crippen molar-refractivity contribution in [2.75, 3.05) is 11.9 Å². The molecular weight excluding hydrogens is 476 g/mol. The zero-order valence-electron chi connectivity index (χ0n) is 19.3. The zero-order chi connectivity index (χ0) is 25.2. The number of carbonyl (C=O) groups is 2. The molecule has 1 heterocycles. The highest BCUT2D eigenvalue weighted by Crippen LogP contribution is 2.31. The summed E-state index contributed by atoms with van der Waals surface area (Å²) in [7, 11) is 1.51. The summed E-state index contributed by atoms with van der Waals surface area (Å²) in [4.78, 5) is 38.9. The number of esters is 1. The molecule has 0 bridgehead atoms. The van der Waals surface area contributed by atoms with Crippen LogP contribution in [0.15, 0.2) is 95.8 Å². The van der Waals surface area contributed by atoms with E-state index in [1.54, 1.807) is 54.6 Å². The van der Waals surface area contributed by atoms with Crippen molar-refractivity contribution in [3.05, 3.63) is 112 Å². The number of hydrogen-bond donors (Lipinski definition) is 1. The quantitative estimate of drug-likeness (QED) is 0.312. The number of pyridine rings is 1. The lowest BCUT2D eigenvalue weighted by atomic mass is 9.97. The van der Waals surface area contributed by atoms with Crippen molar-refractivity contribution in [1.82, 2.24) is 4.57 Å². The highest BCUT2D eigenvalue weighted by atomic mass is 35.5. The van der Waals surface area contributed by atoms with Gasteiger partial charge in [0.1, 0.15) is 5.69 Å². The molecule has 0 saturated heterocycles. The molecule has 0 fully saturated rings. The Labute approximate surface area is 211 Å². The molecule has 0 aliphatic heterocycles. The zero-order valence-corrected chi connectivity index (χ0v) is 20.1. The number of rotatable bonds is 5. The minimum absolute atomic E-state index is 0.0551. The van der Waals surface area contributed by atoms with Crippen LogP contribution >= 0.6 is 11.6 Å². The van der Waals surface area contributed by atoms with Crippen molar-refractivity contribution < 1.29 is 14.3 Å². The van der Waals surface area contributed by atoms with Crippen LogP contribution < -0.4 is 10.9 Å². The second-order valence-electron chi connectivity index (χ2n) is 8.33. The standard InChI is InChI=1S/C29H21ClN2O4/c1-32-27(26(19-10-13-21(30)14-11-19)23-8-4-5-9-24(23)28(32)34)29(35)36-17-25(33)31-22-15-12-18-6-2-3-7-20(18)16-22/h2-16H,17H2,1H3,(H,31,33). The van der Waals surface area contributed by atoms with E-state index in [1.165, 1.54) is 11.6 Å². The first kappa shape index (κ1) is 23.3. The average molecular weight is 497 g/mol. The van der Waals surface area contributed by atoms with Crippen molar-refractivity contribution >= 4 is 50.7 Å². The van der Waals surface area contributed by atoms with Gasteiger partial charge in [0.05, 0.1) is 0 Å². The maximum absolute atomic E-state index is 13.3. The smallest absolute Gasteiger partial charge is 0.356 e. The van der Waals surface area contributed by atoms with Crippen molar-refractivity contribution in [2.24, 2.45) is 7.05 Å². The summed E-state index contributed by atoms with van der Waals surface area (Å²) in [5, 5.41) is 6.40. The fourth-order valence-corrected chi connectivity index (χ4v) is 4.40. The van der Waals surface area contributed by atoms with Gasteiger partial charge in [-0.15, -0.1) is 0 Å². The molecule has 1 aromatic heterocycles. The molecule has 0 aliphatic rings. The Morgan fingerprint density at radius 1 is 0.861 bits per heavy atom. The van der Waals surface area contributed by atoms with E-state index in [2.05, 4.69) is 5.32 Å². The molecule has 7 heteroatoms. The van der Waals surface area contributed by atoms with Crippen LogP contribution in [0.3, 0.4) is 0 Å². The van der Waals surface area contributed by atoms with Crippen LogP contribution in [0.1, 0.15) is 10.5 Å². The van der Waals surface area contributed by atoms with Gasteiger partial charge >= 0.3 is 5.97 Å². The van der Waals surface area contributed by atoms with E-state index < -0.39 is 18.5 Å². The topological polar surface area (TPSA) is 77.4 Å². The Balaban J connectivity index is 1.45. The molecule has 36 heavy (non-hydrogen) atoms. The van der Waals surface area contributed by atoms with Gasteiger partial charge in [-0.25, -0.2) is 4.79 Å². The molecule has 0 radical (unpaired) electrons. The van der Waals surface area contributed by atoms with Crippen LogP contribution in [0.5, 0.6) is 0 Å². The predicted octanol–water partition coefficient (Wildman–Crippen LogP) is 5.81. The lowest BCUT2D eigenvalue weighted by molar-refractivity contribution is -0.119. The number of benzene rings is 4. The minimum Gasteiger partial charge on any atom is -0.451 e. The van der Waals surface area contributed by atoms with E-state index >= 15 is 0 Å². The first-order chi connectivity index (χ1) is 17.4. The molecule has 6 nitrogen and oxygen atoms in total. The summed E-state index contributed by atoms with van der Waals surface area (Å²) in [6.45, 7) is -0.507. The summed E-state index contributed by atoms with van der Waals surface area (Å²) in [6.07, 6.45) is 0. The average Bonchev–Trinajstić information content (AvgIpc) is 2.90. The third-order valence-electron chi connectivity index (χ3n) is 6.00. The minimum atomic E-state index is -0.779. The SMILES string of the molecule is Cn1c(C(=O)OCC(=O)Nc2ccc3ccccc3c2)c(-c2ccc(Cl)cc2)c2ccccc2c1=O. The van der Waals surface area contributed by atoms with Crippen LogP contribution in [0.2, 0.25) is 5.02 Å². The largest absolute Gasteiger partial charge is 0.451 e. The lowest BCUT2D eigenvalue weighted by Crippen LogP contribution is -2.28. The third kappa shape index (κ3) is 4.46. The van der Waals surface area contributed by atoms with E-state index in [-0.39, 0.29) is 11.3 Å². The molecule has 0 aliphatic carbocycles. The van der Waals surface area contributed by atoms with Gasteiger partial charge in [-0.3, -0.25) is 9.59 Å². The second-order valence-corrected chi connectivity index (χ2v) is 8.76. The maximum Gasteiger partial charge on any atom is 0.356 e. The highest BCUT2D eigenvalue weighted by Gasteiger charge is 2.23. The summed E-state index contributed by atoms with van der Waals surface area (Å²) in [5.41, 5.74) is 1.54. The first-order valence-corrected chi connectivity index (χ1v) is 11.6. The van der Waals surface area contributed by atoms with Crippen LogP contribution in [-0.2, 0) is 16.6 Å². The van der Waals surface area contributed by atoms with E-state index in [4.69, 9.17) is 16.3 Å². The summed E-state index contributed by atoms with van der Waals surface area (Å²) < 4.78 is 6.64. The van der Waals surface area contributed by atoms with Crippen molar-refractivity contribution in [3.8, 4) is 11.1 Å². The molecule has 1 N–H and O–H groups in total. The molecule has 0 atom stereocenters. The monoisotopic (exact) mass is 496 g/mol. The maximum atomic E-state index is 13.3. The first-order valence-electron chi connectivity index (χ1n) is 11.3. The van der Waals surface area contributed by atoms with Gasteiger partial charge in [0.25, 0.3) is 11.5 Å². The van der Waals surface area contributed by atoms with Crippen LogP contribution in [0, 0.1) is 0 Å². The van der Waals surface area contributed by atoms with Gasteiger partial charge in [-0.05, 0) is 52.1 Å². The Morgan fingerprint density at radius 2 is 1.53 bits per heavy atom. The van der Waals surface area contributed by atoms with Gasteiger partial charge in [0.2, 0.25) is 0 Å². The van der Waals surface area contributed by atoms with Crippen LogP contribution in [-0.4, -0.2) is 23.1 Å². The fourth-order valence-electron chi connectivity index (χ4n) is 4.28. The molecule has 0 unspecified atom stereocenters. The lowest BCUT2D eigenvalue weighted by Gasteiger charge is -2.17. The number of carbonyl (C=O) groups excluding carboxylic acids is 2. The molecule has 5 aromatic rings. The molecule has 4 aromatic carbocycles. The van der Waals surface area contributed by atoms with Crippen molar-refractivity contribution in [1.29, 1.82) is 0 Å². The van der Waals surface area contributed by atoms with Crippen LogP contribution in [0.25, 0.3) is 32.7 Å². The van der Waals surface area contributed by atoms with Gasteiger partial charge in [-0.1, -0.05) is 72.3 Å². The van der Waals surface area contributed by atoms with Gasteiger partial charge in [-0.2, -0.15) is 0 Å². The van der Waals surface area contributed by atoms with E-state index in [1.807, 2.05) is 36.4 Å². The molecule has 0 saturated carbocycles. The Bertz CT molecular complexity index is 1690. The predicted molar refractivity (Wildman–Crippen MR) is 142 cm³/mol. The highest BCUT2D eigenvalue weighted by molar-refractivity contribution is 6.30. The number of anilines is 1. The van der Waals surface area contributed by atoms with E-state index in [0.29, 0.717) is 32.6 Å². The molecule has 1 amide bonds. The molecule has 5 rings (SSSR count). The van der Waals surface area contributed by atoms with Crippen molar-refractivity contribution in [3.63, 3.8) is 0 Å². The molecule has 0 spiro atoms. The molecule has 178 valence electrons. The Kier molecular flexibility index (Phi) is 6.27. The van der Waals surface area contributed by atoms with Gasteiger partial charge in [0, 0.05) is 28.7 Å². The van der Waals surface area contributed by atoms with Crippen LogP contribution in [0.4, 0.5) is 5.69 Å². The number of fused-ring (bicyclic) bond motifs is 2. The summed E-state index contributed by atoms with van der Waals surface area (Å²) >= 11 is 6.07. The number of ether oxygens (including phenoxy) is 1. The third-order valence-corrected chi connectivity index (χ3v) is 6.25. The number of nitrogens with zero attached hydrogens (tertiary/aromatic N) is 1. The van der Waals surface area contributed by atoms with Gasteiger partial charge < -0.3 is 14.6 Å². The number of amides is 1. The number of aromatic nitrogens is 1. The second kappa shape index (κ2) is 9.68. The van der Waals surface area contributed by atoms with Crippen molar-refractivity contribution in [2.45, 2.75) is 0 Å². The summed E-state index contributed by atoms with van der Waals surface area (Å²) in [5.74, 6) is -1.27. The Hall–Kier alpha value is -4.42. The van der Waals surface area contributed by atoms with E-state index in [9.17, 15) is 14.4 Å². The number of hydrogen-bond acceptors (Lipinski definition) is 4. The fraction of sp³-hybridized carbons (Fsp3) is 0.0690. The van der Waals surface area contributed by atoms with Gasteiger partial charge in [0.15, 0.2) is 6.61 Å². The number of nitrogens with one attached hydrogen (secondary N) is 1. The normalized spacial score (nSPS) is 10.9.